The van der Waals surface area contributed by atoms with Gasteiger partial charge in [-0.25, -0.2) is 0 Å². The van der Waals surface area contributed by atoms with Crippen LogP contribution in [0.3, 0.4) is 0 Å². The molecule has 0 atom stereocenters. The Hall–Kier alpha value is -6.74. The fourth-order valence-corrected chi connectivity index (χ4v) is 12.4. The van der Waals surface area contributed by atoms with Gasteiger partial charge in [0.05, 0.1) is 15.8 Å². The van der Waals surface area contributed by atoms with Gasteiger partial charge >= 0.3 is 0 Å². The first kappa shape index (κ1) is 32.4. The second-order valence-electron chi connectivity index (χ2n) is 16.8. The average Bonchev–Trinajstić information content (AvgIpc) is 3.97. The van der Waals surface area contributed by atoms with Gasteiger partial charge in [-0.15, -0.1) is 11.3 Å². The summed E-state index contributed by atoms with van der Waals surface area (Å²) < 4.78 is 2.61. The molecule has 0 fully saturated rings. The Morgan fingerprint density at radius 3 is 1.50 bits per heavy atom. The summed E-state index contributed by atoms with van der Waals surface area (Å²) in [6.07, 6.45) is 0. The Kier molecular flexibility index (Phi) is 6.38. The Morgan fingerprint density at radius 2 is 0.862 bits per heavy atom. The molecule has 1 spiro atoms. The second-order valence-corrected chi connectivity index (χ2v) is 17.8. The van der Waals surface area contributed by atoms with Crippen LogP contribution in [0, 0.1) is 0 Å². The predicted molar refractivity (Wildman–Crippen MR) is 245 cm³/mol. The van der Waals surface area contributed by atoms with E-state index in [1.165, 1.54) is 109 Å². The van der Waals surface area contributed by atoms with Crippen molar-refractivity contribution in [2.45, 2.75) is 24.7 Å². The standard InChI is InChI=1S/C56H37NS/c1-55(2)45-22-10-5-17-38(45)42-29-27-35(32-49(42)55)57(51-31-34-15-3-4-16-37(34)53-44-21-9-14-26-52(44)58-54(51)53)36-28-30-43-41-20-8-13-25-48(41)56(50(43)33-36)46-23-11-6-18-39(46)40-19-7-12-24-47(40)56/h3-33H,1-2H3. The minimum absolute atomic E-state index is 0.134. The highest BCUT2D eigenvalue weighted by Gasteiger charge is 2.51. The van der Waals surface area contributed by atoms with E-state index in [1.807, 2.05) is 11.3 Å². The fourth-order valence-electron chi connectivity index (χ4n) is 11.2. The molecule has 0 saturated carbocycles. The molecule has 9 aromatic carbocycles. The predicted octanol–water partition coefficient (Wildman–Crippen LogP) is 15.3. The molecule has 0 aliphatic heterocycles. The number of thiophene rings is 1. The smallest absolute Gasteiger partial charge is 0.0726 e. The normalized spacial score (nSPS) is 14.7. The number of nitrogens with zero attached hydrogens (tertiary/aromatic N) is 1. The molecule has 272 valence electrons. The maximum absolute atomic E-state index is 2.58. The highest BCUT2D eigenvalue weighted by atomic mass is 32.1. The molecule has 3 aliphatic rings. The molecule has 2 heteroatoms. The molecule has 1 aromatic heterocycles. The highest BCUT2D eigenvalue weighted by Crippen LogP contribution is 2.63. The van der Waals surface area contributed by atoms with E-state index in [4.69, 9.17) is 0 Å². The molecule has 0 saturated heterocycles. The zero-order chi connectivity index (χ0) is 38.3. The van der Waals surface area contributed by atoms with Gasteiger partial charge < -0.3 is 4.90 Å². The van der Waals surface area contributed by atoms with Crippen LogP contribution in [0.15, 0.2) is 188 Å². The summed E-state index contributed by atoms with van der Waals surface area (Å²) >= 11 is 1.91. The molecule has 0 radical (unpaired) electrons. The van der Waals surface area contributed by atoms with Crippen molar-refractivity contribution >= 4 is 59.3 Å². The van der Waals surface area contributed by atoms with E-state index in [9.17, 15) is 0 Å². The highest BCUT2D eigenvalue weighted by molar-refractivity contribution is 7.26. The first-order chi connectivity index (χ1) is 28.5. The molecule has 1 nitrogen and oxygen atoms in total. The average molecular weight is 756 g/mol. The molecule has 0 unspecified atom stereocenters. The van der Waals surface area contributed by atoms with Gasteiger partial charge in [-0.2, -0.15) is 0 Å². The summed E-state index contributed by atoms with van der Waals surface area (Å²) in [5.41, 5.74) is 19.1. The van der Waals surface area contributed by atoms with Crippen molar-refractivity contribution in [1.29, 1.82) is 0 Å². The van der Waals surface area contributed by atoms with E-state index < -0.39 is 5.41 Å². The van der Waals surface area contributed by atoms with Crippen LogP contribution >= 0.6 is 11.3 Å². The van der Waals surface area contributed by atoms with Gasteiger partial charge in [-0.05, 0) is 114 Å². The van der Waals surface area contributed by atoms with Gasteiger partial charge in [0.2, 0.25) is 0 Å². The van der Waals surface area contributed by atoms with Crippen LogP contribution in [0.2, 0.25) is 0 Å². The van der Waals surface area contributed by atoms with E-state index in [0.29, 0.717) is 0 Å². The van der Waals surface area contributed by atoms with Crippen molar-refractivity contribution in [2.24, 2.45) is 0 Å². The maximum atomic E-state index is 2.58. The van der Waals surface area contributed by atoms with Crippen molar-refractivity contribution in [3.8, 4) is 33.4 Å². The van der Waals surface area contributed by atoms with Crippen molar-refractivity contribution in [3.05, 3.63) is 221 Å². The Labute approximate surface area is 342 Å². The van der Waals surface area contributed by atoms with Gasteiger partial charge in [0.15, 0.2) is 0 Å². The summed E-state index contributed by atoms with van der Waals surface area (Å²) in [6.45, 7) is 4.77. The lowest BCUT2D eigenvalue weighted by Gasteiger charge is -2.33. The Bertz CT molecular complexity index is 3340. The Balaban J connectivity index is 1.14. The summed E-state index contributed by atoms with van der Waals surface area (Å²) in [6, 6.07) is 71.2. The minimum atomic E-state index is -0.432. The number of hydrogen-bond donors (Lipinski definition) is 0. The largest absolute Gasteiger partial charge is 0.309 e. The first-order valence-electron chi connectivity index (χ1n) is 20.3. The molecule has 58 heavy (non-hydrogen) atoms. The van der Waals surface area contributed by atoms with Crippen LogP contribution < -0.4 is 4.90 Å². The lowest BCUT2D eigenvalue weighted by atomic mass is 9.70. The molecule has 1 heterocycles. The Morgan fingerprint density at radius 1 is 0.397 bits per heavy atom. The number of fused-ring (bicyclic) bond motifs is 18. The van der Waals surface area contributed by atoms with Gasteiger partial charge in [-0.3, -0.25) is 0 Å². The second kappa shape index (κ2) is 11.4. The quantitative estimate of drug-likeness (QED) is 0.174. The van der Waals surface area contributed by atoms with Gasteiger partial charge in [0.25, 0.3) is 0 Å². The number of anilines is 3. The van der Waals surface area contributed by atoms with Crippen molar-refractivity contribution in [2.75, 3.05) is 4.90 Å². The number of benzene rings is 9. The monoisotopic (exact) mass is 755 g/mol. The first-order valence-corrected chi connectivity index (χ1v) is 21.2. The molecular formula is C56H37NS. The zero-order valence-corrected chi connectivity index (χ0v) is 33.1. The fraction of sp³-hybridized carbons (Fsp3) is 0.0714. The van der Waals surface area contributed by atoms with Gasteiger partial charge in [-0.1, -0.05) is 166 Å². The van der Waals surface area contributed by atoms with Crippen LogP contribution in [-0.4, -0.2) is 0 Å². The molecule has 13 rings (SSSR count). The van der Waals surface area contributed by atoms with Crippen molar-refractivity contribution < 1.29 is 0 Å². The minimum Gasteiger partial charge on any atom is -0.309 e. The summed E-state index contributed by atoms with van der Waals surface area (Å²) in [4.78, 5) is 2.58. The molecule has 0 amide bonds. The van der Waals surface area contributed by atoms with Crippen molar-refractivity contribution in [1.82, 2.24) is 0 Å². The summed E-state index contributed by atoms with van der Waals surface area (Å²) in [5.74, 6) is 0. The van der Waals surface area contributed by atoms with E-state index in [0.717, 1.165) is 5.69 Å². The molecular weight excluding hydrogens is 719 g/mol. The van der Waals surface area contributed by atoms with Crippen LogP contribution in [-0.2, 0) is 10.8 Å². The molecule has 3 aliphatic carbocycles. The van der Waals surface area contributed by atoms with E-state index >= 15 is 0 Å². The maximum Gasteiger partial charge on any atom is 0.0726 e. The van der Waals surface area contributed by atoms with E-state index in [-0.39, 0.29) is 5.41 Å². The van der Waals surface area contributed by atoms with Gasteiger partial charge in [0.1, 0.15) is 0 Å². The van der Waals surface area contributed by atoms with Crippen molar-refractivity contribution in [3.63, 3.8) is 0 Å². The SMILES string of the molecule is CC1(C)c2ccccc2-c2ccc(N(c3ccc4c(c3)C3(c5ccccc5-c5ccccc53)c3ccccc3-4)c3cc4ccccc4c4c3sc3ccccc34)cc21. The molecule has 10 aromatic rings. The van der Waals surface area contributed by atoms with E-state index in [1.54, 1.807) is 0 Å². The van der Waals surface area contributed by atoms with E-state index in [2.05, 4.69) is 207 Å². The third-order valence-corrected chi connectivity index (χ3v) is 14.8. The van der Waals surface area contributed by atoms with Crippen LogP contribution in [0.25, 0.3) is 64.3 Å². The van der Waals surface area contributed by atoms with Crippen LogP contribution in [0.1, 0.15) is 47.2 Å². The topological polar surface area (TPSA) is 3.24 Å². The number of hydrogen-bond acceptors (Lipinski definition) is 2. The lowest BCUT2D eigenvalue weighted by Crippen LogP contribution is -2.26. The lowest BCUT2D eigenvalue weighted by molar-refractivity contribution is 0.660. The van der Waals surface area contributed by atoms with Gasteiger partial charge in [0, 0.05) is 32.3 Å². The number of rotatable bonds is 3. The zero-order valence-electron chi connectivity index (χ0n) is 32.3. The third-order valence-electron chi connectivity index (χ3n) is 13.7. The van der Waals surface area contributed by atoms with Crippen LogP contribution in [0.4, 0.5) is 17.1 Å². The molecule has 0 N–H and O–H groups in total. The third kappa shape index (κ3) is 4.00. The van der Waals surface area contributed by atoms with Crippen LogP contribution in [0.5, 0.6) is 0 Å². The molecule has 0 bridgehead atoms. The summed E-state index contributed by atoms with van der Waals surface area (Å²) in [5, 5.41) is 5.19. The summed E-state index contributed by atoms with van der Waals surface area (Å²) in [7, 11) is 0.